The van der Waals surface area contributed by atoms with E-state index in [0.29, 0.717) is 16.6 Å². The van der Waals surface area contributed by atoms with Crippen LogP contribution in [0.1, 0.15) is 5.56 Å². The van der Waals surface area contributed by atoms with Crippen molar-refractivity contribution in [1.82, 2.24) is 4.98 Å². The Kier molecular flexibility index (Phi) is 3.48. The first-order chi connectivity index (χ1) is 6.63. The molecule has 1 aromatic rings. The smallest absolute Gasteiger partial charge is 0.328 e. The highest BCUT2D eigenvalue weighted by Crippen LogP contribution is 2.19. The number of aromatic nitrogens is 1. The predicted octanol–water partition coefficient (Wildman–Crippen LogP) is 1.84. The minimum atomic E-state index is -1.03. The van der Waals surface area contributed by atoms with Gasteiger partial charge in [0.1, 0.15) is 5.15 Å². The van der Waals surface area contributed by atoms with Crippen molar-refractivity contribution in [3.8, 4) is 5.88 Å². The van der Waals surface area contributed by atoms with Gasteiger partial charge in [0.15, 0.2) is 0 Å². The summed E-state index contributed by atoms with van der Waals surface area (Å²) in [5, 5.41) is 8.72. The summed E-state index contributed by atoms with van der Waals surface area (Å²) in [5.74, 6) is -0.725. The Morgan fingerprint density at radius 3 is 2.93 bits per heavy atom. The number of methoxy groups -OCH3 is 1. The normalized spacial score (nSPS) is 10.4. The van der Waals surface area contributed by atoms with Crippen LogP contribution in [-0.2, 0) is 4.79 Å². The van der Waals surface area contributed by atoms with Gasteiger partial charge in [-0.15, -0.1) is 0 Å². The molecule has 0 radical (unpaired) electrons. The maximum atomic E-state index is 10.3. The molecule has 0 aliphatic heterocycles. The fourth-order valence-electron chi connectivity index (χ4n) is 0.880. The molecule has 0 bridgehead atoms. The Bertz CT molecular complexity index is 376. The molecular formula is C9H8ClNO3. The van der Waals surface area contributed by atoms with E-state index < -0.39 is 5.97 Å². The molecule has 0 aromatic carbocycles. The zero-order chi connectivity index (χ0) is 10.6. The van der Waals surface area contributed by atoms with Crippen LogP contribution in [0.25, 0.3) is 6.08 Å². The molecule has 4 nitrogen and oxygen atoms in total. The lowest BCUT2D eigenvalue weighted by atomic mass is 10.2. The van der Waals surface area contributed by atoms with Crippen LogP contribution in [0, 0.1) is 0 Å². The molecule has 0 unspecified atom stereocenters. The highest BCUT2D eigenvalue weighted by atomic mass is 35.5. The summed E-state index contributed by atoms with van der Waals surface area (Å²) in [6.45, 7) is 0. The van der Waals surface area contributed by atoms with E-state index in [1.165, 1.54) is 13.2 Å². The summed E-state index contributed by atoms with van der Waals surface area (Å²) in [5.41, 5.74) is 0.569. The molecule has 14 heavy (non-hydrogen) atoms. The van der Waals surface area contributed by atoms with Crippen LogP contribution in [0.3, 0.4) is 0 Å². The monoisotopic (exact) mass is 213 g/mol. The third kappa shape index (κ3) is 2.74. The lowest BCUT2D eigenvalue weighted by Crippen LogP contribution is -1.92. The third-order valence-corrected chi connectivity index (χ3v) is 1.67. The fourth-order valence-corrected chi connectivity index (χ4v) is 1.02. The third-order valence-electron chi connectivity index (χ3n) is 1.45. The summed E-state index contributed by atoms with van der Waals surface area (Å²) in [6.07, 6.45) is 2.40. The van der Waals surface area contributed by atoms with E-state index >= 15 is 0 Å². The van der Waals surface area contributed by atoms with Gasteiger partial charge in [-0.3, -0.25) is 0 Å². The molecule has 0 fully saturated rings. The second kappa shape index (κ2) is 4.62. The van der Waals surface area contributed by atoms with Crippen LogP contribution < -0.4 is 4.74 Å². The molecule has 5 heteroatoms. The number of carboxylic acids is 1. The van der Waals surface area contributed by atoms with Gasteiger partial charge in [0, 0.05) is 11.6 Å². The Hall–Kier alpha value is -1.55. The van der Waals surface area contributed by atoms with E-state index in [1.807, 2.05) is 0 Å². The molecule has 0 aliphatic carbocycles. The molecule has 1 rings (SSSR count). The standard InChI is InChI=1S/C9H8ClNO3/c1-14-9-6(3-5-8(12)13)2-4-7(10)11-9/h2-5H,1H3,(H,12,13)/b5-3+. The lowest BCUT2D eigenvalue weighted by molar-refractivity contribution is -0.131. The first-order valence-electron chi connectivity index (χ1n) is 3.75. The molecule has 0 aliphatic rings. The molecule has 0 spiro atoms. The van der Waals surface area contributed by atoms with Gasteiger partial charge in [0.05, 0.1) is 7.11 Å². The molecular weight excluding hydrogens is 206 g/mol. The zero-order valence-corrected chi connectivity index (χ0v) is 8.15. The first kappa shape index (κ1) is 10.5. The average Bonchev–Trinajstić information content (AvgIpc) is 2.15. The van der Waals surface area contributed by atoms with E-state index in [9.17, 15) is 4.79 Å². The van der Waals surface area contributed by atoms with Gasteiger partial charge in [-0.2, -0.15) is 0 Å². The number of aliphatic carboxylic acids is 1. The Balaban J connectivity index is 3.02. The van der Waals surface area contributed by atoms with Crippen molar-refractivity contribution in [2.24, 2.45) is 0 Å². The zero-order valence-electron chi connectivity index (χ0n) is 7.40. The van der Waals surface area contributed by atoms with Crippen molar-refractivity contribution in [2.75, 3.05) is 7.11 Å². The van der Waals surface area contributed by atoms with E-state index in [1.54, 1.807) is 12.1 Å². The van der Waals surface area contributed by atoms with Crippen LogP contribution in [0.4, 0.5) is 0 Å². The van der Waals surface area contributed by atoms with Gasteiger partial charge in [-0.1, -0.05) is 11.6 Å². The minimum Gasteiger partial charge on any atom is -0.481 e. The van der Waals surface area contributed by atoms with Crippen molar-refractivity contribution in [2.45, 2.75) is 0 Å². The number of carbonyl (C=O) groups is 1. The SMILES string of the molecule is COc1nc(Cl)ccc1/C=C/C(=O)O. The molecule has 74 valence electrons. The predicted molar refractivity (Wildman–Crippen MR) is 52.5 cm³/mol. The van der Waals surface area contributed by atoms with Gasteiger partial charge in [-0.05, 0) is 18.2 Å². The van der Waals surface area contributed by atoms with Crippen molar-refractivity contribution >= 4 is 23.6 Å². The topological polar surface area (TPSA) is 59.4 Å². The van der Waals surface area contributed by atoms with E-state index in [0.717, 1.165) is 6.08 Å². The van der Waals surface area contributed by atoms with Crippen molar-refractivity contribution in [3.63, 3.8) is 0 Å². The van der Waals surface area contributed by atoms with Crippen LogP contribution in [0.15, 0.2) is 18.2 Å². The van der Waals surface area contributed by atoms with Gasteiger partial charge in [0.2, 0.25) is 5.88 Å². The Morgan fingerprint density at radius 2 is 2.36 bits per heavy atom. The maximum Gasteiger partial charge on any atom is 0.328 e. The van der Waals surface area contributed by atoms with Crippen LogP contribution >= 0.6 is 11.6 Å². The highest BCUT2D eigenvalue weighted by Gasteiger charge is 2.02. The van der Waals surface area contributed by atoms with Crippen LogP contribution in [0.5, 0.6) is 5.88 Å². The fraction of sp³-hybridized carbons (Fsp3) is 0.111. The Morgan fingerprint density at radius 1 is 1.64 bits per heavy atom. The number of ether oxygens (including phenoxy) is 1. The number of rotatable bonds is 3. The number of halogens is 1. The van der Waals surface area contributed by atoms with Gasteiger partial charge >= 0.3 is 5.97 Å². The van der Waals surface area contributed by atoms with Crippen molar-refractivity contribution in [3.05, 3.63) is 28.9 Å². The average molecular weight is 214 g/mol. The number of carboxylic acid groups (broad SMARTS) is 1. The summed E-state index contributed by atoms with van der Waals surface area (Å²) < 4.78 is 4.92. The van der Waals surface area contributed by atoms with Crippen LogP contribution in [0.2, 0.25) is 5.15 Å². The number of pyridine rings is 1. The quantitative estimate of drug-likeness (QED) is 0.615. The second-order valence-electron chi connectivity index (χ2n) is 2.40. The van der Waals surface area contributed by atoms with Crippen molar-refractivity contribution < 1.29 is 14.6 Å². The molecule has 1 aromatic heterocycles. The summed E-state index contributed by atoms with van der Waals surface area (Å²) >= 11 is 5.63. The lowest BCUT2D eigenvalue weighted by Gasteiger charge is -2.02. The van der Waals surface area contributed by atoms with Gasteiger partial charge in [0.25, 0.3) is 0 Å². The molecule has 0 amide bonds. The van der Waals surface area contributed by atoms with E-state index in [-0.39, 0.29) is 0 Å². The molecule has 0 saturated carbocycles. The van der Waals surface area contributed by atoms with E-state index in [4.69, 9.17) is 21.4 Å². The summed E-state index contributed by atoms with van der Waals surface area (Å²) in [4.78, 5) is 14.1. The number of hydrogen-bond acceptors (Lipinski definition) is 3. The molecule has 1 N–H and O–H groups in total. The summed E-state index contributed by atoms with van der Waals surface area (Å²) in [7, 11) is 1.44. The molecule has 1 heterocycles. The summed E-state index contributed by atoms with van der Waals surface area (Å²) in [6, 6.07) is 3.19. The number of hydrogen-bond donors (Lipinski definition) is 1. The Labute approximate surface area is 85.8 Å². The van der Waals surface area contributed by atoms with Crippen LogP contribution in [-0.4, -0.2) is 23.2 Å². The first-order valence-corrected chi connectivity index (χ1v) is 4.13. The largest absolute Gasteiger partial charge is 0.481 e. The minimum absolute atomic E-state index is 0.300. The molecule has 0 saturated heterocycles. The van der Waals surface area contributed by atoms with E-state index in [2.05, 4.69) is 4.98 Å². The highest BCUT2D eigenvalue weighted by molar-refractivity contribution is 6.29. The van der Waals surface area contributed by atoms with Gasteiger partial charge < -0.3 is 9.84 Å². The molecule has 0 atom stereocenters. The second-order valence-corrected chi connectivity index (χ2v) is 2.79. The number of nitrogens with zero attached hydrogens (tertiary/aromatic N) is 1. The van der Waals surface area contributed by atoms with Gasteiger partial charge in [-0.25, -0.2) is 9.78 Å². The maximum absolute atomic E-state index is 10.3. The van der Waals surface area contributed by atoms with Crippen molar-refractivity contribution in [1.29, 1.82) is 0 Å².